The van der Waals surface area contributed by atoms with E-state index in [-0.39, 0.29) is 17.3 Å². The minimum absolute atomic E-state index is 0.178. The lowest BCUT2D eigenvalue weighted by Crippen LogP contribution is -2.04. The van der Waals surface area contributed by atoms with Crippen molar-refractivity contribution in [1.82, 2.24) is 0 Å². The van der Waals surface area contributed by atoms with Crippen LogP contribution in [0.5, 0.6) is 11.5 Å². The zero-order chi connectivity index (χ0) is 24.1. The second-order valence-corrected chi connectivity index (χ2v) is 8.86. The van der Waals surface area contributed by atoms with Gasteiger partial charge < -0.3 is 10.2 Å². The summed E-state index contributed by atoms with van der Waals surface area (Å²) < 4.78 is 0. The normalized spacial score (nSPS) is 10.9. The lowest BCUT2D eigenvalue weighted by Gasteiger charge is -2.12. The molecule has 2 N–H and O–H groups in total. The standard InChI is InChI=1S/C31H30O3/c1-21-17-28(23-9-5-3-6-10-23)30(33)19-25(21)13-15-27(32)16-14-26-20-31(34)29(18-22(26)2)24-11-7-4-8-12-24/h3-12,17-20,33-34H,13-16H2,1-2H3. The van der Waals surface area contributed by atoms with E-state index in [0.717, 1.165) is 44.5 Å². The van der Waals surface area contributed by atoms with Crippen molar-refractivity contribution in [1.29, 1.82) is 0 Å². The molecule has 0 aliphatic rings. The molecular weight excluding hydrogens is 420 g/mol. The quantitative estimate of drug-likeness (QED) is 0.299. The van der Waals surface area contributed by atoms with Crippen LogP contribution in [-0.4, -0.2) is 16.0 Å². The van der Waals surface area contributed by atoms with Crippen LogP contribution in [0.15, 0.2) is 84.9 Å². The Morgan fingerprint density at radius 2 is 1.00 bits per heavy atom. The summed E-state index contributed by atoms with van der Waals surface area (Å²) in [6, 6.07) is 27.2. The number of Topliss-reactive ketones (excluding diaryl/α,β-unsaturated/α-hetero) is 1. The average Bonchev–Trinajstić information content (AvgIpc) is 2.85. The van der Waals surface area contributed by atoms with E-state index in [2.05, 4.69) is 0 Å². The highest BCUT2D eigenvalue weighted by atomic mass is 16.3. The summed E-state index contributed by atoms with van der Waals surface area (Å²) in [5.41, 5.74) is 7.69. The average molecular weight is 451 g/mol. The predicted octanol–water partition coefficient (Wildman–Crippen LogP) is 7.18. The number of hydrogen-bond donors (Lipinski definition) is 2. The predicted molar refractivity (Wildman–Crippen MR) is 138 cm³/mol. The Labute approximate surface area is 201 Å². The third-order valence-corrected chi connectivity index (χ3v) is 6.42. The van der Waals surface area contributed by atoms with Crippen LogP contribution in [0.3, 0.4) is 0 Å². The van der Waals surface area contributed by atoms with Gasteiger partial charge in [-0.25, -0.2) is 0 Å². The van der Waals surface area contributed by atoms with Gasteiger partial charge in [0.05, 0.1) is 0 Å². The maximum Gasteiger partial charge on any atom is 0.133 e. The number of hydrogen-bond acceptors (Lipinski definition) is 3. The minimum atomic E-state index is 0.178. The first-order chi connectivity index (χ1) is 16.4. The van der Waals surface area contributed by atoms with Gasteiger partial charge >= 0.3 is 0 Å². The largest absolute Gasteiger partial charge is 0.507 e. The Bertz CT molecular complexity index is 1190. The van der Waals surface area contributed by atoms with Crippen molar-refractivity contribution >= 4 is 5.78 Å². The van der Waals surface area contributed by atoms with Crippen molar-refractivity contribution in [3.8, 4) is 33.8 Å². The molecule has 0 spiro atoms. The highest BCUT2D eigenvalue weighted by molar-refractivity contribution is 5.79. The van der Waals surface area contributed by atoms with Crippen LogP contribution in [0.4, 0.5) is 0 Å². The van der Waals surface area contributed by atoms with Gasteiger partial charge in [-0.05, 0) is 84.3 Å². The van der Waals surface area contributed by atoms with Crippen LogP contribution < -0.4 is 0 Å². The number of benzene rings is 4. The Morgan fingerprint density at radius 1 is 0.618 bits per heavy atom. The van der Waals surface area contributed by atoms with Crippen LogP contribution in [0.25, 0.3) is 22.3 Å². The molecule has 34 heavy (non-hydrogen) atoms. The van der Waals surface area contributed by atoms with Gasteiger partial charge in [0.2, 0.25) is 0 Å². The topological polar surface area (TPSA) is 57.5 Å². The molecule has 0 bridgehead atoms. The van der Waals surface area contributed by atoms with Crippen LogP contribution in [-0.2, 0) is 17.6 Å². The Balaban J connectivity index is 1.38. The first kappa shape index (κ1) is 23.3. The molecule has 0 aliphatic heterocycles. The molecule has 4 rings (SSSR count). The molecule has 0 saturated heterocycles. The molecule has 0 unspecified atom stereocenters. The minimum Gasteiger partial charge on any atom is -0.507 e. The first-order valence-corrected chi connectivity index (χ1v) is 11.7. The highest BCUT2D eigenvalue weighted by Crippen LogP contribution is 2.33. The second kappa shape index (κ2) is 10.4. The monoisotopic (exact) mass is 450 g/mol. The molecule has 0 aromatic heterocycles. The molecule has 0 atom stereocenters. The Kier molecular flexibility index (Phi) is 7.12. The smallest absolute Gasteiger partial charge is 0.133 e. The second-order valence-electron chi connectivity index (χ2n) is 8.86. The summed E-state index contributed by atoms with van der Waals surface area (Å²) in [6.07, 6.45) is 2.06. The maximum absolute atomic E-state index is 12.6. The van der Waals surface area contributed by atoms with Gasteiger partial charge in [0.15, 0.2) is 0 Å². The number of carbonyl (C=O) groups excluding carboxylic acids is 1. The van der Waals surface area contributed by atoms with Gasteiger partial charge in [0, 0.05) is 24.0 Å². The van der Waals surface area contributed by atoms with Crippen molar-refractivity contribution < 1.29 is 15.0 Å². The van der Waals surface area contributed by atoms with Crippen LogP contribution in [0.2, 0.25) is 0 Å². The third-order valence-electron chi connectivity index (χ3n) is 6.42. The zero-order valence-corrected chi connectivity index (χ0v) is 19.7. The fourth-order valence-corrected chi connectivity index (χ4v) is 4.39. The molecule has 0 heterocycles. The summed E-state index contributed by atoms with van der Waals surface area (Å²) in [7, 11) is 0. The third kappa shape index (κ3) is 5.37. The molecule has 3 heteroatoms. The van der Waals surface area contributed by atoms with E-state index < -0.39 is 0 Å². The van der Waals surface area contributed by atoms with Crippen molar-refractivity contribution in [2.75, 3.05) is 0 Å². The number of aryl methyl sites for hydroxylation is 4. The molecule has 172 valence electrons. The molecule has 0 amide bonds. The lowest BCUT2D eigenvalue weighted by atomic mass is 9.93. The summed E-state index contributed by atoms with van der Waals surface area (Å²) in [6.45, 7) is 4.04. The molecule has 0 fully saturated rings. The van der Waals surface area contributed by atoms with Gasteiger partial charge in [-0.15, -0.1) is 0 Å². The van der Waals surface area contributed by atoms with E-state index in [1.165, 1.54) is 0 Å². The van der Waals surface area contributed by atoms with Crippen LogP contribution in [0.1, 0.15) is 35.1 Å². The van der Waals surface area contributed by atoms with Gasteiger partial charge in [-0.1, -0.05) is 60.7 Å². The van der Waals surface area contributed by atoms with Gasteiger partial charge in [0.25, 0.3) is 0 Å². The number of ketones is 1. The van der Waals surface area contributed by atoms with E-state index in [0.29, 0.717) is 25.7 Å². The van der Waals surface area contributed by atoms with E-state index in [9.17, 15) is 15.0 Å². The lowest BCUT2D eigenvalue weighted by molar-refractivity contribution is -0.119. The SMILES string of the molecule is Cc1cc(-c2ccccc2)c(O)cc1CCC(=O)CCc1cc(O)c(-c2ccccc2)cc1C. The van der Waals surface area contributed by atoms with Crippen molar-refractivity contribution in [2.24, 2.45) is 0 Å². The molecule has 4 aromatic rings. The number of phenolic OH excluding ortho intramolecular Hbond substituents is 2. The molecule has 3 nitrogen and oxygen atoms in total. The van der Waals surface area contributed by atoms with Gasteiger partial charge in [-0.3, -0.25) is 4.79 Å². The first-order valence-electron chi connectivity index (χ1n) is 11.7. The molecule has 0 radical (unpaired) electrons. The summed E-state index contributed by atoms with van der Waals surface area (Å²) in [5.74, 6) is 0.657. The fourth-order valence-electron chi connectivity index (χ4n) is 4.39. The van der Waals surface area contributed by atoms with Crippen LogP contribution in [0, 0.1) is 13.8 Å². The van der Waals surface area contributed by atoms with Crippen molar-refractivity contribution in [2.45, 2.75) is 39.5 Å². The Morgan fingerprint density at radius 3 is 1.38 bits per heavy atom. The van der Waals surface area contributed by atoms with E-state index in [1.54, 1.807) is 12.1 Å². The summed E-state index contributed by atoms with van der Waals surface area (Å²) >= 11 is 0. The highest BCUT2D eigenvalue weighted by Gasteiger charge is 2.13. The van der Waals surface area contributed by atoms with Gasteiger partial charge in [-0.2, -0.15) is 0 Å². The van der Waals surface area contributed by atoms with Gasteiger partial charge in [0.1, 0.15) is 17.3 Å². The van der Waals surface area contributed by atoms with E-state index in [4.69, 9.17) is 0 Å². The molecule has 0 aliphatic carbocycles. The molecule has 4 aromatic carbocycles. The summed E-state index contributed by atoms with van der Waals surface area (Å²) in [5, 5.41) is 21.1. The number of phenols is 2. The van der Waals surface area contributed by atoms with Crippen molar-refractivity contribution in [3.05, 3.63) is 107 Å². The number of carbonyl (C=O) groups is 1. The number of aromatic hydroxyl groups is 2. The zero-order valence-electron chi connectivity index (χ0n) is 19.7. The maximum atomic E-state index is 12.6. The van der Waals surface area contributed by atoms with Crippen molar-refractivity contribution in [3.63, 3.8) is 0 Å². The molecule has 0 saturated carbocycles. The van der Waals surface area contributed by atoms with E-state index in [1.807, 2.05) is 86.6 Å². The van der Waals surface area contributed by atoms with Crippen LogP contribution >= 0.6 is 0 Å². The summed E-state index contributed by atoms with van der Waals surface area (Å²) in [4.78, 5) is 12.6. The molecular formula is C31H30O3. The number of rotatable bonds is 8. The van der Waals surface area contributed by atoms with E-state index >= 15 is 0 Å². The Hall–Kier alpha value is -3.85. The fraction of sp³-hybridized carbons (Fsp3) is 0.194.